The first-order valence-electron chi connectivity index (χ1n) is 3.04. The van der Waals surface area contributed by atoms with Crippen molar-refractivity contribution in [2.45, 2.75) is 0 Å². The second-order valence-electron chi connectivity index (χ2n) is 1.99. The van der Waals surface area contributed by atoms with Crippen LogP contribution in [0.1, 0.15) is 10.4 Å². The Morgan fingerprint density at radius 2 is 2.00 bits per heavy atom. The minimum atomic E-state index is -0.497. The van der Waals surface area contributed by atoms with E-state index in [-0.39, 0.29) is 18.7 Å². The van der Waals surface area contributed by atoms with E-state index < -0.39 is 5.91 Å². The topological polar surface area (TPSA) is 75.3 Å². The largest absolute Gasteiger partial charge is 0.507 e. The highest BCUT2D eigenvalue weighted by Gasteiger charge is 2.06. The average Bonchev–Trinajstić information content (AvgIpc) is 2.04. The van der Waals surface area contributed by atoms with E-state index in [0.29, 0.717) is 0 Å². The summed E-state index contributed by atoms with van der Waals surface area (Å²) >= 11 is 0. The summed E-state index contributed by atoms with van der Waals surface area (Å²) in [5, 5.41) is 9.10. The molecule has 0 fully saturated rings. The van der Waals surface area contributed by atoms with E-state index in [1.165, 1.54) is 12.1 Å². The molecule has 1 aromatic rings. The van der Waals surface area contributed by atoms with Gasteiger partial charge in [0.1, 0.15) is 5.75 Å². The van der Waals surface area contributed by atoms with Gasteiger partial charge in [-0.25, -0.2) is 5.84 Å². The fraction of sp³-hybridized carbons (Fsp3) is 0. The molecule has 0 atom stereocenters. The smallest absolute Gasteiger partial charge is 0.268 e. The molecule has 1 rings (SSSR count). The number of aromatic hydroxyl groups is 1. The molecule has 4 radical (unpaired) electrons. The molecule has 0 aliphatic carbocycles. The van der Waals surface area contributed by atoms with Crippen LogP contribution in [0.25, 0.3) is 0 Å². The minimum Gasteiger partial charge on any atom is -0.507 e. The number of carbonyl (C=O) groups excluding carboxylic acids is 1. The van der Waals surface area contributed by atoms with Crippen LogP contribution in [0.4, 0.5) is 0 Å². The highest BCUT2D eigenvalue weighted by atomic mass is 16.3. The van der Waals surface area contributed by atoms with Crippen LogP contribution in [-0.4, -0.2) is 11.0 Å². The van der Waals surface area contributed by atoms with Gasteiger partial charge >= 0.3 is 0 Å². The van der Waals surface area contributed by atoms with Crippen molar-refractivity contribution >= 4 is 5.91 Å². The Kier molecular flexibility index (Phi) is 3.79. The highest BCUT2D eigenvalue weighted by molar-refractivity contribution is 5.96. The number of hydrazine groups is 1. The molecule has 0 heterocycles. The van der Waals surface area contributed by atoms with Crippen molar-refractivity contribution in [1.29, 1.82) is 0 Å². The normalized spacial score (nSPS) is 8.42. The Morgan fingerprint density at radius 3 is 2.50 bits per heavy atom. The fourth-order valence-corrected chi connectivity index (χ4v) is 0.743. The van der Waals surface area contributed by atoms with Gasteiger partial charge in [-0.15, -0.1) is 0 Å². The van der Waals surface area contributed by atoms with Gasteiger partial charge in [0.2, 0.25) is 0 Å². The summed E-state index contributed by atoms with van der Waals surface area (Å²) in [7, 11) is 0. The van der Waals surface area contributed by atoms with E-state index in [2.05, 4.69) is 0 Å². The van der Waals surface area contributed by atoms with Gasteiger partial charge in [-0.1, -0.05) is 12.1 Å². The number of para-hydroxylation sites is 1. The summed E-state index contributed by atoms with van der Waals surface area (Å²) in [6, 6.07) is 6.18. The molecule has 0 unspecified atom stereocenters. The van der Waals surface area contributed by atoms with Gasteiger partial charge < -0.3 is 5.11 Å². The van der Waals surface area contributed by atoms with Gasteiger partial charge in [-0.3, -0.25) is 10.2 Å². The number of hydrogen-bond acceptors (Lipinski definition) is 3. The summed E-state index contributed by atoms with van der Waals surface area (Å²) in [5.41, 5.74) is 2.10. The lowest BCUT2D eigenvalue weighted by atomic mass is 10.2. The molecule has 0 aliphatic rings. The molecule has 0 aliphatic heterocycles. The summed E-state index contributed by atoms with van der Waals surface area (Å²) in [6.07, 6.45) is 0. The maximum absolute atomic E-state index is 10.8. The van der Waals surface area contributed by atoms with Crippen LogP contribution in [0.2, 0.25) is 0 Å². The predicted molar refractivity (Wildman–Crippen MR) is 43.0 cm³/mol. The second-order valence-corrected chi connectivity index (χ2v) is 1.99. The summed E-state index contributed by atoms with van der Waals surface area (Å²) in [4.78, 5) is 10.8. The zero-order valence-corrected chi connectivity index (χ0v) is 6.24. The van der Waals surface area contributed by atoms with Crippen molar-refractivity contribution in [3.63, 3.8) is 0 Å². The number of hydrogen-bond donors (Lipinski definition) is 3. The van der Waals surface area contributed by atoms with Crippen molar-refractivity contribution in [3.8, 4) is 5.75 Å². The first-order chi connectivity index (χ1) is 5.25. The molecule has 4 nitrogen and oxygen atoms in total. The molecule has 0 bridgehead atoms. The third-order valence-corrected chi connectivity index (χ3v) is 1.28. The number of benzene rings is 1. The summed E-state index contributed by atoms with van der Waals surface area (Å²) in [5.74, 6) is 4.29. The van der Waals surface area contributed by atoms with Crippen molar-refractivity contribution in [3.05, 3.63) is 37.3 Å². The lowest BCUT2D eigenvalue weighted by Crippen LogP contribution is -2.29. The maximum atomic E-state index is 10.8. The van der Waals surface area contributed by atoms with Gasteiger partial charge in [-0.2, -0.15) is 0 Å². The van der Waals surface area contributed by atoms with Crippen LogP contribution in [0, 0.1) is 7.43 Å². The van der Waals surface area contributed by atoms with Crippen molar-refractivity contribution in [2.24, 2.45) is 5.84 Å². The molecule has 0 saturated heterocycles. The predicted octanol–water partition coefficient (Wildman–Crippen LogP) is 0.0770. The number of carbonyl (C=O) groups is 1. The number of amides is 1. The Balaban J connectivity index is 0.00000121. The minimum absolute atomic E-state index is 0. The van der Waals surface area contributed by atoms with Gasteiger partial charge in [0, 0.05) is 7.43 Å². The third kappa shape index (κ3) is 1.96. The Morgan fingerprint density at radius 1 is 1.42 bits per heavy atom. The maximum Gasteiger partial charge on any atom is 0.268 e. The molecule has 1 aromatic carbocycles. The number of phenolic OH excluding ortho intramolecular Hbond substituents is 1. The van der Waals surface area contributed by atoms with Gasteiger partial charge in [-0.05, 0) is 12.1 Å². The fourth-order valence-electron chi connectivity index (χ4n) is 0.743. The molecule has 62 valence electrons. The number of phenols is 1. The molecule has 0 saturated carbocycles. The first-order valence-corrected chi connectivity index (χ1v) is 3.04. The van der Waals surface area contributed by atoms with Crippen LogP contribution in [0.3, 0.4) is 0 Å². The monoisotopic (exact) mass is 164 g/mol. The van der Waals surface area contributed by atoms with E-state index in [0.717, 1.165) is 0 Å². The van der Waals surface area contributed by atoms with Crippen LogP contribution < -0.4 is 11.3 Å². The number of nitrogens with two attached hydrogens (primary N) is 1. The lowest BCUT2D eigenvalue weighted by molar-refractivity contribution is 0.0951. The van der Waals surface area contributed by atoms with Crippen LogP contribution in [0.15, 0.2) is 24.3 Å². The SMILES string of the molecule is NNC(=O)c1ccccc1O.[C]. The molecular weight excluding hydrogens is 156 g/mol. The van der Waals surface area contributed by atoms with E-state index in [9.17, 15) is 4.79 Å². The van der Waals surface area contributed by atoms with Crippen LogP contribution >= 0.6 is 0 Å². The van der Waals surface area contributed by atoms with Gasteiger partial charge in [0.15, 0.2) is 0 Å². The van der Waals surface area contributed by atoms with E-state index in [4.69, 9.17) is 10.9 Å². The average molecular weight is 164 g/mol. The Labute approximate surface area is 71.0 Å². The molecular formula is C8H8N2O2. The quantitative estimate of drug-likeness (QED) is 0.312. The van der Waals surface area contributed by atoms with Crippen LogP contribution in [-0.2, 0) is 0 Å². The lowest BCUT2D eigenvalue weighted by Gasteiger charge is -2.00. The molecule has 12 heavy (non-hydrogen) atoms. The molecule has 0 spiro atoms. The number of nitrogens with one attached hydrogen (secondary N) is 1. The number of nitrogen functional groups attached to an aromatic ring is 1. The van der Waals surface area contributed by atoms with Crippen molar-refractivity contribution < 1.29 is 9.90 Å². The molecule has 1 amide bonds. The summed E-state index contributed by atoms with van der Waals surface area (Å²) in [6.45, 7) is 0. The van der Waals surface area contributed by atoms with Crippen molar-refractivity contribution in [1.82, 2.24) is 5.43 Å². The van der Waals surface area contributed by atoms with E-state index >= 15 is 0 Å². The van der Waals surface area contributed by atoms with Gasteiger partial charge in [0.25, 0.3) is 5.91 Å². The standard InChI is InChI=1S/C7H8N2O2.C/c8-9-7(11)5-3-1-2-4-6(5)10;/h1-4,10H,8H2,(H,9,11);. The van der Waals surface area contributed by atoms with E-state index in [1.807, 2.05) is 5.43 Å². The summed E-state index contributed by atoms with van der Waals surface area (Å²) < 4.78 is 0. The Hall–Kier alpha value is -1.55. The zero-order chi connectivity index (χ0) is 8.27. The van der Waals surface area contributed by atoms with Crippen LogP contribution in [0.5, 0.6) is 5.75 Å². The number of rotatable bonds is 1. The van der Waals surface area contributed by atoms with E-state index in [1.54, 1.807) is 12.1 Å². The van der Waals surface area contributed by atoms with Gasteiger partial charge in [0.05, 0.1) is 5.56 Å². The zero-order valence-electron chi connectivity index (χ0n) is 6.24. The van der Waals surface area contributed by atoms with Crippen molar-refractivity contribution in [2.75, 3.05) is 0 Å². The molecule has 4 heteroatoms. The third-order valence-electron chi connectivity index (χ3n) is 1.28. The Bertz CT molecular complexity index is 274. The first kappa shape index (κ1) is 10.4. The second kappa shape index (κ2) is 4.35. The molecule has 4 N–H and O–H groups in total. The highest BCUT2D eigenvalue weighted by Crippen LogP contribution is 2.14. The molecule has 0 aromatic heterocycles.